The van der Waals surface area contributed by atoms with Crippen LogP contribution in [0.3, 0.4) is 0 Å². The lowest BCUT2D eigenvalue weighted by Gasteiger charge is -2.11. The first-order chi connectivity index (χ1) is 6.42. The van der Waals surface area contributed by atoms with Crippen molar-refractivity contribution >= 4 is 22.6 Å². The number of hydrogen-bond acceptors (Lipinski definition) is 3. The van der Waals surface area contributed by atoms with Gasteiger partial charge in [-0.05, 0) is 22.6 Å². The van der Waals surface area contributed by atoms with Crippen molar-refractivity contribution in [3.8, 4) is 5.75 Å². The highest BCUT2D eigenvalue weighted by molar-refractivity contribution is 14.1. The van der Waals surface area contributed by atoms with Crippen molar-refractivity contribution < 1.29 is 23.0 Å². The summed E-state index contributed by atoms with van der Waals surface area (Å²) in [5, 5.41) is 8.72. The van der Waals surface area contributed by atoms with E-state index < -0.39 is 18.7 Å². The Balaban J connectivity index is 2.99. The van der Waals surface area contributed by atoms with Gasteiger partial charge in [0, 0.05) is 17.8 Å². The molecule has 0 aliphatic carbocycles. The molecule has 1 aromatic rings. The number of aliphatic hydroxyl groups excluding tert-OH is 1. The number of pyridine rings is 1. The van der Waals surface area contributed by atoms with Crippen LogP contribution in [-0.4, -0.2) is 16.5 Å². The Morgan fingerprint density at radius 2 is 2.14 bits per heavy atom. The van der Waals surface area contributed by atoms with Crippen molar-refractivity contribution in [2.24, 2.45) is 0 Å². The van der Waals surface area contributed by atoms with Crippen LogP contribution in [0.15, 0.2) is 12.3 Å². The Kier molecular flexibility index (Phi) is 3.53. The minimum Gasteiger partial charge on any atom is -0.405 e. The molecule has 1 aromatic heterocycles. The van der Waals surface area contributed by atoms with E-state index in [9.17, 15) is 13.2 Å². The maximum Gasteiger partial charge on any atom is 0.573 e. The van der Waals surface area contributed by atoms with Crippen molar-refractivity contribution in [1.29, 1.82) is 0 Å². The highest BCUT2D eigenvalue weighted by atomic mass is 127. The largest absolute Gasteiger partial charge is 0.573 e. The normalized spacial score (nSPS) is 11.5. The summed E-state index contributed by atoms with van der Waals surface area (Å²) in [6.07, 6.45) is -3.61. The van der Waals surface area contributed by atoms with Crippen molar-refractivity contribution in [3.05, 3.63) is 21.5 Å². The quantitative estimate of drug-likeness (QED) is 0.670. The first-order valence-electron chi connectivity index (χ1n) is 3.43. The van der Waals surface area contributed by atoms with E-state index in [4.69, 9.17) is 5.11 Å². The monoisotopic (exact) mass is 319 g/mol. The zero-order valence-corrected chi connectivity index (χ0v) is 8.83. The summed E-state index contributed by atoms with van der Waals surface area (Å²) in [4.78, 5) is 3.72. The Hall–Kier alpha value is -0.570. The highest BCUT2D eigenvalue weighted by Crippen LogP contribution is 2.26. The van der Waals surface area contributed by atoms with Gasteiger partial charge in [0.1, 0.15) is 9.45 Å². The molecule has 0 unspecified atom stereocenters. The molecule has 0 fully saturated rings. The Morgan fingerprint density at radius 3 is 2.64 bits per heavy atom. The standard InChI is InChI=1S/C7H5F3INO2/c8-7(9,10)14-5-1-6(11)12-2-4(5)3-13/h1-2,13H,3H2. The lowest BCUT2D eigenvalue weighted by molar-refractivity contribution is -0.275. The van der Waals surface area contributed by atoms with E-state index in [1.165, 1.54) is 0 Å². The molecule has 0 saturated carbocycles. The fourth-order valence-electron chi connectivity index (χ4n) is 0.780. The molecule has 3 nitrogen and oxygen atoms in total. The summed E-state index contributed by atoms with van der Waals surface area (Å²) < 4.78 is 39.6. The van der Waals surface area contributed by atoms with Gasteiger partial charge in [0.25, 0.3) is 0 Å². The number of ether oxygens (including phenoxy) is 1. The van der Waals surface area contributed by atoms with Crippen LogP contribution in [0.25, 0.3) is 0 Å². The van der Waals surface area contributed by atoms with Crippen LogP contribution in [0.1, 0.15) is 5.56 Å². The summed E-state index contributed by atoms with van der Waals surface area (Å²) in [6, 6.07) is 1.11. The molecule has 0 aromatic carbocycles. The lowest BCUT2D eigenvalue weighted by atomic mass is 10.3. The minimum absolute atomic E-state index is 0.00254. The predicted molar refractivity (Wildman–Crippen MR) is 49.6 cm³/mol. The zero-order valence-electron chi connectivity index (χ0n) is 6.68. The van der Waals surface area contributed by atoms with Crippen molar-refractivity contribution in [2.45, 2.75) is 13.0 Å². The molecule has 1 rings (SSSR count). The highest BCUT2D eigenvalue weighted by Gasteiger charge is 2.32. The maximum atomic E-state index is 11.9. The second-order valence-corrected chi connectivity index (χ2v) is 3.43. The van der Waals surface area contributed by atoms with Gasteiger partial charge in [-0.25, -0.2) is 4.98 Å². The van der Waals surface area contributed by atoms with Crippen LogP contribution in [0.2, 0.25) is 0 Å². The Labute approximate surface area is 91.0 Å². The second kappa shape index (κ2) is 4.30. The molecule has 0 spiro atoms. The molecule has 0 bridgehead atoms. The summed E-state index contributed by atoms with van der Waals surface area (Å²) in [5.41, 5.74) is 0.00254. The van der Waals surface area contributed by atoms with Gasteiger partial charge >= 0.3 is 6.36 Å². The van der Waals surface area contributed by atoms with Crippen LogP contribution in [0.5, 0.6) is 5.75 Å². The second-order valence-electron chi connectivity index (χ2n) is 2.32. The fourth-order valence-corrected chi connectivity index (χ4v) is 1.20. The molecule has 0 aliphatic heterocycles. The van der Waals surface area contributed by atoms with E-state index in [0.717, 1.165) is 12.3 Å². The average Bonchev–Trinajstić information content (AvgIpc) is 2.01. The minimum atomic E-state index is -4.76. The molecule has 1 N–H and O–H groups in total. The molecule has 0 aliphatic rings. The topological polar surface area (TPSA) is 42.4 Å². The van der Waals surface area contributed by atoms with Crippen LogP contribution >= 0.6 is 22.6 Å². The van der Waals surface area contributed by atoms with Gasteiger partial charge in [-0.3, -0.25) is 0 Å². The average molecular weight is 319 g/mol. The molecule has 0 saturated heterocycles. The SMILES string of the molecule is OCc1cnc(I)cc1OC(F)(F)F. The van der Waals surface area contributed by atoms with Gasteiger partial charge in [-0.1, -0.05) is 0 Å². The third-order valence-electron chi connectivity index (χ3n) is 1.31. The van der Waals surface area contributed by atoms with Crippen molar-refractivity contribution in [2.75, 3.05) is 0 Å². The van der Waals surface area contributed by atoms with Gasteiger partial charge in [0.15, 0.2) is 0 Å². The van der Waals surface area contributed by atoms with Gasteiger partial charge < -0.3 is 9.84 Å². The van der Waals surface area contributed by atoms with Gasteiger partial charge in [0.2, 0.25) is 0 Å². The molecular weight excluding hydrogens is 314 g/mol. The van der Waals surface area contributed by atoms with E-state index in [1.54, 1.807) is 22.6 Å². The number of alkyl halides is 3. The number of aliphatic hydroxyl groups is 1. The molecular formula is C7H5F3INO2. The van der Waals surface area contributed by atoms with Crippen LogP contribution in [0, 0.1) is 3.70 Å². The molecule has 7 heteroatoms. The predicted octanol–water partition coefficient (Wildman–Crippen LogP) is 2.08. The first-order valence-corrected chi connectivity index (χ1v) is 4.51. The van der Waals surface area contributed by atoms with E-state index in [-0.39, 0.29) is 5.56 Å². The third-order valence-corrected chi connectivity index (χ3v) is 1.90. The third kappa shape index (κ3) is 3.29. The van der Waals surface area contributed by atoms with Gasteiger partial charge in [-0.2, -0.15) is 0 Å². The smallest absolute Gasteiger partial charge is 0.405 e. The van der Waals surface area contributed by atoms with E-state index in [2.05, 4.69) is 9.72 Å². The molecule has 1 heterocycles. The molecule has 0 amide bonds. The molecule has 0 radical (unpaired) electrons. The Morgan fingerprint density at radius 1 is 1.50 bits per heavy atom. The summed E-state index contributed by atoms with van der Waals surface area (Å²) >= 11 is 1.75. The first kappa shape index (κ1) is 11.5. The molecule has 14 heavy (non-hydrogen) atoms. The van der Waals surface area contributed by atoms with E-state index >= 15 is 0 Å². The fraction of sp³-hybridized carbons (Fsp3) is 0.286. The van der Waals surface area contributed by atoms with Gasteiger partial charge in [0.05, 0.1) is 6.61 Å². The van der Waals surface area contributed by atoms with Crippen molar-refractivity contribution in [1.82, 2.24) is 4.98 Å². The zero-order chi connectivity index (χ0) is 10.8. The lowest BCUT2D eigenvalue weighted by Crippen LogP contribution is -2.18. The summed E-state index contributed by atoms with van der Waals surface area (Å²) in [6.45, 7) is -0.546. The van der Waals surface area contributed by atoms with Crippen LogP contribution in [0.4, 0.5) is 13.2 Å². The number of rotatable bonds is 2. The Bertz CT molecular complexity index is 329. The number of hydrogen-bond donors (Lipinski definition) is 1. The van der Waals surface area contributed by atoms with Crippen molar-refractivity contribution in [3.63, 3.8) is 0 Å². The summed E-state index contributed by atoms with van der Waals surface area (Å²) in [7, 11) is 0. The van der Waals surface area contributed by atoms with E-state index in [1.807, 2.05) is 0 Å². The van der Waals surface area contributed by atoms with Crippen LogP contribution < -0.4 is 4.74 Å². The number of aromatic nitrogens is 1. The molecule has 78 valence electrons. The summed E-state index contributed by atoms with van der Waals surface area (Å²) in [5.74, 6) is -0.417. The van der Waals surface area contributed by atoms with Gasteiger partial charge in [-0.15, -0.1) is 13.2 Å². The molecule has 0 atom stereocenters. The number of nitrogens with zero attached hydrogens (tertiary/aromatic N) is 1. The van der Waals surface area contributed by atoms with Crippen LogP contribution in [-0.2, 0) is 6.61 Å². The maximum absolute atomic E-state index is 11.9. The van der Waals surface area contributed by atoms with E-state index in [0.29, 0.717) is 3.70 Å². The number of halogens is 4.